The highest BCUT2D eigenvalue weighted by Crippen LogP contribution is 2.27. The number of amides is 1. The Bertz CT molecular complexity index is 1200. The van der Waals surface area contributed by atoms with Crippen molar-refractivity contribution in [3.63, 3.8) is 0 Å². The average molecular weight is 482 g/mol. The molecule has 0 radical (unpaired) electrons. The zero-order valence-corrected chi connectivity index (χ0v) is 18.9. The van der Waals surface area contributed by atoms with E-state index in [0.29, 0.717) is 43.7 Å². The van der Waals surface area contributed by atoms with Crippen molar-refractivity contribution in [2.45, 2.75) is 24.2 Å². The molecule has 8 nitrogen and oxygen atoms in total. The third kappa shape index (κ3) is 4.64. The molecule has 2 heterocycles. The van der Waals surface area contributed by atoms with Gasteiger partial charge in [-0.1, -0.05) is 0 Å². The van der Waals surface area contributed by atoms with Gasteiger partial charge in [0.15, 0.2) is 0 Å². The Balaban J connectivity index is 1.42. The lowest BCUT2D eigenvalue weighted by Gasteiger charge is -2.31. The second kappa shape index (κ2) is 8.80. The first-order valence-electron chi connectivity index (χ1n) is 10.3. The molecule has 1 amide bonds. The summed E-state index contributed by atoms with van der Waals surface area (Å²) in [6.07, 6.45) is 1.66. The number of nitrogens with zero attached hydrogens (tertiary/aromatic N) is 2. The summed E-state index contributed by atoms with van der Waals surface area (Å²) in [5.74, 6) is -1.22. The highest BCUT2D eigenvalue weighted by Gasteiger charge is 2.33. The van der Waals surface area contributed by atoms with E-state index in [1.165, 1.54) is 20.7 Å². The van der Waals surface area contributed by atoms with Gasteiger partial charge in [-0.25, -0.2) is 21.2 Å². The Hall–Kier alpha value is -2.50. The van der Waals surface area contributed by atoms with Gasteiger partial charge >= 0.3 is 0 Å². The van der Waals surface area contributed by atoms with Gasteiger partial charge < -0.3 is 5.32 Å². The standard InChI is InChI=1S/C21H24FN3O5S2/c22-17-4-10-20(11-5-17)32(29,30)24-12-1-3-16(15-24)21(26)23-18-6-8-19(9-7-18)25-13-2-14-31(25,27)28/h4-11,16H,1-3,12-15H2,(H,23,26). The van der Waals surface area contributed by atoms with E-state index in [1.807, 2.05) is 0 Å². The Labute approximate surface area is 187 Å². The summed E-state index contributed by atoms with van der Waals surface area (Å²) in [5, 5.41) is 2.79. The van der Waals surface area contributed by atoms with Crippen molar-refractivity contribution in [2.75, 3.05) is 35.0 Å². The van der Waals surface area contributed by atoms with Crippen molar-refractivity contribution in [2.24, 2.45) is 5.92 Å². The molecule has 0 spiro atoms. The fraction of sp³-hybridized carbons (Fsp3) is 0.381. The van der Waals surface area contributed by atoms with E-state index in [4.69, 9.17) is 0 Å². The number of carbonyl (C=O) groups is 1. The highest BCUT2D eigenvalue weighted by molar-refractivity contribution is 7.93. The van der Waals surface area contributed by atoms with Crippen molar-refractivity contribution >= 4 is 37.3 Å². The summed E-state index contributed by atoms with van der Waals surface area (Å²) in [6.45, 7) is 0.770. The quantitative estimate of drug-likeness (QED) is 0.706. The van der Waals surface area contributed by atoms with Gasteiger partial charge in [0.25, 0.3) is 0 Å². The van der Waals surface area contributed by atoms with E-state index < -0.39 is 31.8 Å². The Morgan fingerprint density at radius 2 is 1.69 bits per heavy atom. The maximum Gasteiger partial charge on any atom is 0.243 e. The van der Waals surface area contributed by atoms with Crippen LogP contribution in [-0.4, -0.2) is 52.4 Å². The van der Waals surface area contributed by atoms with Crippen LogP contribution in [0.4, 0.5) is 15.8 Å². The maximum absolute atomic E-state index is 13.1. The molecule has 172 valence electrons. The molecule has 1 N–H and O–H groups in total. The van der Waals surface area contributed by atoms with Gasteiger partial charge in [-0.05, 0) is 67.8 Å². The molecular weight excluding hydrogens is 457 g/mol. The van der Waals surface area contributed by atoms with Crippen LogP contribution in [0.15, 0.2) is 53.4 Å². The minimum Gasteiger partial charge on any atom is -0.326 e. The van der Waals surface area contributed by atoms with E-state index in [-0.39, 0.29) is 23.1 Å². The molecule has 2 aromatic rings. The number of nitrogens with one attached hydrogen (secondary N) is 1. The van der Waals surface area contributed by atoms with Crippen LogP contribution in [0.1, 0.15) is 19.3 Å². The van der Waals surface area contributed by atoms with Gasteiger partial charge in [-0.3, -0.25) is 9.10 Å². The van der Waals surface area contributed by atoms with Crippen LogP contribution in [0.2, 0.25) is 0 Å². The maximum atomic E-state index is 13.1. The molecule has 0 aromatic heterocycles. The van der Waals surface area contributed by atoms with Crippen molar-refractivity contribution in [3.05, 3.63) is 54.3 Å². The number of piperidine rings is 1. The molecule has 32 heavy (non-hydrogen) atoms. The first kappa shape index (κ1) is 22.7. The van der Waals surface area contributed by atoms with E-state index in [1.54, 1.807) is 24.3 Å². The molecule has 2 aromatic carbocycles. The molecule has 0 saturated carbocycles. The van der Waals surface area contributed by atoms with Gasteiger partial charge in [-0.15, -0.1) is 0 Å². The van der Waals surface area contributed by atoms with Crippen LogP contribution in [0, 0.1) is 11.7 Å². The largest absolute Gasteiger partial charge is 0.326 e. The van der Waals surface area contributed by atoms with Gasteiger partial charge in [0, 0.05) is 25.3 Å². The number of anilines is 2. The van der Waals surface area contributed by atoms with Crippen molar-refractivity contribution in [1.82, 2.24) is 4.31 Å². The summed E-state index contributed by atoms with van der Waals surface area (Å²) in [6, 6.07) is 11.2. The van der Waals surface area contributed by atoms with Gasteiger partial charge in [0.2, 0.25) is 26.0 Å². The second-order valence-electron chi connectivity index (χ2n) is 7.93. The molecule has 0 bridgehead atoms. The van der Waals surface area contributed by atoms with Gasteiger partial charge in [-0.2, -0.15) is 4.31 Å². The summed E-state index contributed by atoms with van der Waals surface area (Å²) < 4.78 is 65.6. The SMILES string of the molecule is O=C(Nc1ccc(N2CCCS2(=O)=O)cc1)C1CCCN(S(=O)(=O)c2ccc(F)cc2)C1. The fourth-order valence-electron chi connectivity index (χ4n) is 4.02. The van der Waals surface area contributed by atoms with E-state index in [9.17, 15) is 26.0 Å². The van der Waals surface area contributed by atoms with E-state index >= 15 is 0 Å². The molecule has 1 atom stereocenters. The predicted octanol–water partition coefficient (Wildman–Crippen LogP) is 2.41. The first-order valence-corrected chi connectivity index (χ1v) is 13.4. The smallest absolute Gasteiger partial charge is 0.243 e. The third-order valence-electron chi connectivity index (χ3n) is 5.73. The second-order valence-corrected chi connectivity index (χ2v) is 11.9. The highest BCUT2D eigenvalue weighted by atomic mass is 32.2. The lowest BCUT2D eigenvalue weighted by atomic mass is 9.98. The van der Waals surface area contributed by atoms with E-state index in [2.05, 4.69) is 5.32 Å². The summed E-state index contributed by atoms with van der Waals surface area (Å²) in [4.78, 5) is 12.8. The number of sulfonamides is 2. The molecule has 1 unspecified atom stereocenters. The Morgan fingerprint density at radius 3 is 2.31 bits per heavy atom. The minimum atomic E-state index is -3.82. The number of hydrogen-bond acceptors (Lipinski definition) is 5. The molecule has 4 rings (SSSR count). The summed E-state index contributed by atoms with van der Waals surface area (Å²) >= 11 is 0. The Kier molecular flexibility index (Phi) is 6.24. The number of carbonyl (C=O) groups excluding carboxylic acids is 1. The van der Waals surface area contributed by atoms with Crippen molar-refractivity contribution in [3.8, 4) is 0 Å². The lowest BCUT2D eigenvalue weighted by molar-refractivity contribution is -0.120. The zero-order valence-electron chi connectivity index (χ0n) is 17.3. The van der Waals surface area contributed by atoms with Crippen LogP contribution < -0.4 is 9.62 Å². The fourth-order valence-corrected chi connectivity index (χ4v) is 7.10. The topological polar surface area (TPSA) is 104 Å². The monoisotopic (exact) mass is 481 g/mol. The number of hydrogen-bond donors (Lipinski definition) is 1. The number of benzene rings is 2. The molecule has 2 saturated heterocycles. The molecule has 2 aliphatic heterocycles. The number of rotatable bonds is 5. The van der Waals surface area contributed by atoms with Crippen LogP contribution >= 0.6 is 0 Å². The third-order valence-corrected chi connectivity index (χ3v) is 9.48. The van der Waals surface area contributed by atoms with E-state index in [0.717, 1.165) is 12.1 Å². The van der Waals surface area contributed by atoms with Crippen LogP contribution in [0.3, 0.4) is 0 Å². The van der Waals surface area contributed by atoms with Crippen LogP contribution in [0.5, 0.6) is 0 Å². The van der Waals surface area contributed by atoms with Crippen molar-refractivity contribution < 1.29 is 26.0 Å². The number of halogens is 1. The molecule has 2 aliphatic rings. The minimum absolute atomic E-state index is 0.00703. The lowest BCUT2D eigenvalue weighted by Crippen LogP contribution is -2.43. The predicted molar refractivity (Wildman–Crippen MR) is 119 cm³/mol. The Morgan fingerprint density at radius 1 is 1.00 bits per heavy atom. The van der Waals surface area contributed by atoms with Crippen LogP contribution in [0.25, 0.3) is 0 Å². The molecule has 2 fully saturated rings. The normalized spacial score (nSPS) is 21.4. The zero-order chi connectivity index (χ0) is 22.9. The average Bonchev–Trinajstić information content (AvgIpc) is 3.13. The van der Waals surface area contributed by atoms with Gasteiger partial charge in [0.05, 0.1) is 22.3 Å². The molecule has 0 aliphatic carbocycles. The van der Waals surface area contributed by atoms with Crippen molar-refractivity contribution in [1.29, 1.82) is 0 Å². The first-order chi connectivity index (χ1) is 15.2. The molecular formula is C21H24FN3O5S2. The summed E-state index contributed by atoms with van der Waals surface area (Å²) in [7, 11) is -7.10. The van der Waals surface area contributed by atoms with Gasteiger partial charge in [0.1, 0.15) is 5.82 Å². The molecule has 11 heteroatoms. The summed E-state index contributed by atoms with van der Waals surface area (Å²) in [5.41, 5.74) is 1.06. The van der Waals surface area contributed by atoms with Crippen LogP contribution in [-0.2, 0) is 24.8 Å².